The zero-order valence-corrected chi connectivity index (χ0v) is 17.5. The Hall–Kier alpha value is -2.60. The second kappa shape index (κ2) is 10.3. The summed E-state index contributed by atoms with van der Waals surface area (Å²) in [5.41, 5.74) is 0.980. The predicted molar refractivity (Wildman–Crippen MR) is 109 cm³/mol. The van der Waals surface area contributed by atoms with Gasteiger partial charge in [-0.1, -0.05) is 48.0 Å². The molecule has 0 bridgehead atoms. The van der Waals surface area contributed by atoms with Crippen molar-refractivity contribution in [1.82, 2.24) is 5.32 Å². The Bertz CT molecular complexity index is 836. The Morgan fingerprint density at radius 3 is 2.41 bits per heavy atom. The minimum absolute atomic E-state index is 0.269. The summed E-state index contributed by atoms with van der Waals surface area (Å²) in [6.45, 7) is 4.87. The van der Waals surface area contributed by atoms with E-state index in [2.05, 4.69) is 5.32 Å². The van der Waals surface area contributed by atoms with E-state index in [0.717, 1.165) is 5.56 Å². The van der Waals surface area contributed by atoms with Crippen LogP contribution in [0.5, 0.6) is 0 Å². The van der Waals surface area contributed by atoms with Gasteiger partial charge in [0.25, 0.3) is 0 Å². The summed E-state index contributed by atoms with van der Waals surface area (Å²) < 4.78 is 24.0. The first-order chi connectivity index (χ1) is 13.6. The predicted octanol–water partition coefficient (Wildman–Crippen LogP) is 4.70. The normalized spacial score (nSPS) is 12.2. The molecule has 0 fully saturated rings. The molecule has 156 valence electrons. The van der Waals surface area contributed by atoms with E-state index < -0.39 is 29.6 Å². The van der Waals surface area contributed by atoms with Gasteiger partial charge in [-0.05, 0) is 44.0 Å². The lowest BCUT2D eigenvalue weighted by molar-refractivity contribution is -0.147. The molecule has 29 heavy (non-hydrogen) atoms. The van der Waals surface area contributed by atoms with Crippen molar-refractivity contribution in [3.63, 3.8) is 0 Å². The van der Waals surface area contributed by atoms with Gasteiger partial charge in [-0.3, -0.25) is 4.79 Å². The van der Waals surface area contributed by atoms with E-state index in [1.165, 1.54) is 12.1 Å². The monoisotopic (exact) mass is 421 g/mol. The van der Waals surface area contributed by atoms with Crippen molar-refractivity contribution in [3.05, 3.63) is 70.5 Å². The average molecular weight is 422 g/mol. The highest BCUT2D eigenvalue weighted by atomic mass is 35.5. The molecule has 5 nitrogen and oxygen atoms in total. The molecule has 0 saturated heterocycles. The second-order valence-electron chi connectivity index (χ2n) is 7.60. The van der Waals surface area contributed by atoms with Gasteiger partial charge in [0.15, 0.2) is 0 Å². The molecule has 1 unspecified atom stereocenters. The summed E-state index contributed by atoms with van der Waals surface area (Å²) in [5.74, 6) is -1.04. The standard InChI is InChI=1S/C22H25ClFNO4/c1-22(2,3)29-21(27)25-14-20(26)28-18(11-15-7-5-4-6-8-15)12-16-9-10-17(24)13-19(16)23/h4-10,13,18H,11-12,14H2,1-3H3,(H,25,27). The van der Waals surface area contributed by atoms with E-state index in [4.69, 9.17) is 21.1 Å². The smallest absolute Gasteiger partial charge is 0.408 e. The second-order valence-corrected chi connectivity index (χ2v) is 8.00. The molecule has 2 aromatic carbocycles. The largest absolute Gasteiger partial charge is 0.460 e. The number of esters is 1. The third-order valence-electron chi connectivity index (χ3n) is 3.84. The Morgan fingerprint density at radius 1 is 1.10 bits per heavy atom. The summed E-state index contributed by atoms with van der Waals surface area (Å²) in [5, 5.41) is 2.65. The summed E-state index contributed by atoms with van der Waals surface area (Å²) in [6, 6.07) is 13.6. The molecule has 0 aliphatic heterocycles. The maximum absolute atomic E-state index is 13.3. The fourth-order valence-electron chi connectivity index (χ4n) is 2.65. The molecule has 1 N–H and O–H groups in total. The fraction of sp³-hybridized carbons (Fsp3) is 0.364. The van der Waals surface area contributed by atoms with Gasteiger partial charge in [0.1, 0.15) is 24.1 Å². The van der Waals surface area contributed by atoms with Crippen molar-refractivity contribution >= 4 is 23.7 Å². The van der Waals surface area contributed by atoms with Crippen LogP contribution in [0.4, 0.5) is 9.18 Å². The number of alkyl carbamates (subject to hydrolysis) is 1. The van der Waals surface area contributed by atoms with Gasteiger partial charge in [0.2, 0.25) is 0 Å². The highest BCUT2D eigenvalue weighted by Crippen LogP contribution is 2.21. The lowest BCUT2D eigenvalue weighted by Gasteiger charge is -2.21. The first kappa shape index (κ1) is 22.7. The van der Waals surface area contributed by atoms with Crippen LogP contribution in [0, 0.1) is 5.82 Å². The third kappa shape index (κ3) is 8.52. The Kier molecular flexibility index (Phi) is 8.02. The molecule has 2 aromatic rings. The molecule has 2 rings (SSSR count). The zero-order chi connectivity index (χ0) is 21.4. The van der Waals surface area contributed by atoms with Crippen LogP contribution < -0.4 is 5.32 Å². The number of amides is 1. The van der Waals surface area contributed by atoms with E-state index in [-0.39, 0.29) is 11.6 Å². The highest BCUT2D eigenvalue weighted by molar-refractivity contribution is 6.31. The lowest BCUT2D eigenvalue weighted by Crippen LogP contribution is -2.37. The van der Waals surface area contributed by atoms with E-state index in [1.54, 1.807) is 26.8 Å². The van der Waals surface area contributed by atoms with Crippen LogP contribution in [-0.4, -0.2) is 30.3 Å². The van der Waals surface area contributed by atoms with Crippen LogP contribution in [0.1, 0.15) is 31.9 Å². The number of halogens is 2. The van der Waals surface area contributed by atoms with Gasteiger partial charge >= 0.3 is 12.1 Å². The van der Waals surface area contributed by atoms with Crippen molar-refractivity contribution in [2.24, 2.45) is 0 Å². The van der Waals surface area contributed by atoms with E-state index in [9.17, 15) is 14.0 Å². The maximum atomic E-state index is 13.3. The van der Waals surface area contributed by atoms with Crippen molar-refractivity contribution < 1.29 is 23.5 Å². The molecule has 0 radical (unpaired) electrons. The molecule has 0 aliphatic rings. The summed E-state index contributed by atoms with van der Waals surface area (Å²) in [6.07, 6.45) is -0.470. The molecule has 0 aromatic heterocycles. The first-order valence-electron chi connectivity index (χ1n) is 9.26. The van der Waals surface area contributed by atoms with Crippen LogP contribution in [0.25, 0.3) is 0 Å². The molecule has 0 saturated carbocycles. The summed E-state index contributed by atoms with van der Waals surface area (Å²) in [7, 11) is 0. The zero-order valence-electron chi connectivity index (χ0n) is 16.7. The van der Waals surface area contributed by atoms with Crippen LogP contribution in [0.2, 0.25) is 5.02 Å². The topological polar surface area (TPSA) is 64.6 Å². The number of carbonyl (C=O) groups excluding carboxylic acids is 2. The van der Waals surface area contributed by atoms with Gasteiger partial charge in [-0.15, -0.1) is 0 Å². The van der Waals surface area contributed by atoms with E-state index >= 15 is 0 Å². The molecule has 7 heteroatoms. The number of rotatable bonds is 7. The Morgan fingerprint density at radius 2 is 1.79 bits per heavy atom. The average Bonchev–Trinajstić information content (AvgIpc) is 2.62. The van der Waals surface area contributed by atoms with Crippen molar-refractivity contribution in [2.75, 3.05) is 6.54 Å². The molecular weight excluding hydrogens is 397 g/mol. The van der Waals surface area contributed by atoms with Gasteiger partial charge in [0, 0.05) is 17.9 Å². The maximum Gasteiger partial charge on any atom is 0.408 e. The number of benzene rings is 2. The summed E-state index contributed by atoms with van der Waals surface area (Å²) >= 11 is 6.12. The SMILES string of the molecule is CC(C)(C)OC(=O)NCC(=O)OC(Cc1ccccc1)Cc1ccc(F)cc1Cl. The quantitative estimate of drug-likeness (QED) is 0.658. The van der Waals surface area contributed by atoms with Crippen LogP contribution >= 0.6 is 11.6 Å². The minimum atomic E-state index is -0.698. The van der Waals surface area contributed by atoms with Gasteiger partial charge in [-0.2, -0.15) is 0 Å². The van der Waals surface area contributed by atoms with Crippen LogP contribution in [0.15, 0.2) is 48.5 Å². The van der Waals surface area contributed by atoms with Crippen LogP contribution in [0.3, 0.4) is 0 Å². The lowest BCUT2D eigenvalue weighted by atomic mass is 10.0. The van der Waals surface area contributed by atoms with Gasteiger partial charge in [0.05, 0.1) is 0 Å². The molecule has 0 spiro atoms. The number of hydrogen-bond acceptors (Lipinski definition) is 4. The number of carbonyl (C=O) groups is 2. The van der Waals surface area contributed by atoms with E-state index in [1.807, 2.05) is 30.3 Å². The molecule has 1 atom stereocenters. The number of hydrogen-bond donors (Lipinski definition) is 1. The van der Waals surface area contributed by atoms with Gasteiger partial charge in [-0.25, -0.2) is 9.18 Å². The van der Waals surface area contributed by atoms with Gasteiger partial charge < -0.3 is 14.8 Å². The first-order valence-corrected chi connectivity index (χ1v) is 9.64. The Labute approximate surface area is 175 Å². The molecule has 1 amide bonds. The molecule has 0 aliphatic carbocycles. The number of nitrogens with one attached hydrogen (secondary N) is 1. The number of ether oxygens (including phenoxy) is 2. The van der Waals surface area contributed by atoms with Crippen molar-refractivity contribution in [3.8, 4) is 0 Å². The third-order valence-corrected chi connectivity index (χ3v) is 4.19. The highest BCUT2D eigenvalue weighted by Gasteiger charge is 2.20. The fourth-order valence-corrected chi connectivity index (χ4v) is 2.90. The van der Waals surface area contributed by atoms with E-state index in [0.29, 0.717) is 18.4 Å². The summed E-state index contributed by atoms with van der Waals surface area (Å²) in [4.78, 5) is 24.0. The van der Waals surface area contributed by atoms with Crippen molar-refractivity contribution in [2.45, 2.75) is 45.3 Å². The van der Waals surface area contributed by atoms with Crippen LogP contribution in [-0.2, 0) is 27.1 Å². The molecular formula is C22H25ClFNO4. The minimum Gasteiger partial charge on any atom is -0.460 e. The van der Waals surface area contributed by atoms with Crippen molar-refractivity contribution in [1.29, 1.82) is 0 Å². The Balaban J connectivity index is 2.02. The molecule has 0 heterocycles.